The molecule has 0 spiro atoms. The molecule has 5 heteroatoms. The first kappa shape index (κ1) is 14.7. The van der Waals surface area contributed by atoms with Crippen LogP contribution in [0.4, 0.5) is 5.82 Å². The van der Waals surface area contributed by atoms with Gasteiger partial charge in [0.15, 0.2) is 5.82 Å². The fraction of sp³-hybridized carbons (Fsp3) is 0.692. The summed E-state index contributed by atoms with van der Waals surface area (Å²) in [6.07, 6.45) is 0. The summed E-state index contributed by atoms with van der Waals surface area (Å²) in [6, 6.07) is 1.89. The summed E-state index contributed by atoms with van der Waals surface area (Å²) in [5, 5.41) is 13.0. The summed E-state index contributed by atoms with van der Waals surface area (Å²) in [4.78, 5) is 11.9. The minimum Gasteiger partial charge on any atom is -0.316 e. The highest BCUT2D eigenvalue weighted by atomic mass is 16.1. The summed E-state index contributed by atoms with van der Waals surface area (Å²) in [6.45, 7) is 11.8. The van der Waals surface area contributed by atoms with E-state index in [0.717, 1.165) is 12.2 Å². The Morgan fingerprint density at radius 1 is 1.50 bits per heavy atom. The van der Waals surface area contributed by atoms with Gasteiger partial charge in [0.1, 0.15) is 0 Å². The van der Waals surface area contributed by atoms with Crippen molar-refractivity contribution in [2.45, 2.75) is 40.0 Å². The second kappa shape index (κ2) is 6.00. The Balaban J connectivity index is 2.57. The molecule has 0 saturated heterocycles. The van der Waals surface area contributed by atoms with E-state index in [1.165, 1.54) is 0 Å². The molecular formula is C13H24N4O. The van der Waals surface area contributed by atoms with Crippen LogP contribution in [0, 0.1) is 5.92 Å². The van der Waals surface area contributed by atoms with Gasteiger partial charge in [-0.1, -0.05) is 34.6 Å². The second-order valence-corrected chi connectivity index (χ2v) is 5.61. The van der Waals surface area contributed by atoms with E-state index >= 15 is 0 Å². The molecule has 0 aliphatic carbocycles. The minimum absolute atomic E-state index is 0.00532. The Labute approximate surface area is 109 Å². The smallest absolute Gasteiger partial charge is 0.229 e. The topological polar surface area (TPSA) is 69.8 Å². The van der Waals surface area contributed by atoms with Crippen molar-refractivity contribution in [2.75, 3.05) is 18.4 Å². The Morgan fingerprint density at radius 3 is 2.67 bits per heavy atom. The molecule has 1 amide bonds. The monoisotopic (exact) mass is 252 g/mol. The standard InChI is InChI=1S/C13H24N4O/c1-6-14-8-9(2)12(18)15-11-7-10(16-17-11)13(3,4)5/h7,9,14H,6,8H2,1-5H3,(H2,15,16,17,18). The molecule has 1 heterocycles. The molecule has 18 heavy (non-hydrogen) atoms. The average molecular weight is 252 g/mol. The third-order valence-electron chi connectivity index (χ3n) is 2.79. The van der Waals surface area contributed by atoms with E-state index in [1.54, 1.807) is 0 Å². The van der Waals surface area contributed by atoms with Gasteiger partial charge in [0.25, 0.3) is 0 Å². The van der Waals surface area contributed by atoms with E-state index < -0.39 is 0 Å². The van der Waals surface area contributed by atoms with E-state index in [4.69, 9.17) is 0 Å². The molecule has 5 nitrogen and oxygen atoms in total. The van der Waals surface area contributed by atoms with Crippen molar-refractivity contribution in [1.29, 1.82) is 0 Å². The Morgan fingerprint density at radius 2 is 2.17 bits per heavy atom. The van der Waals surface area contributed by atoms with E-state index in [9.17, 15) is 4.79 Å². The Hall–Kier alpha value is -1.36. The quantitative estimate of drug-likeness (QED) is 0.749. The van der Waals surface area contributed by atoms with Gasteiger partial charge in [0, 0.05) is 29.6 Å². The molecule has 3 N–H and O–H groups in total. The lowest BCUT2D eigenvalue weighted by atomic mass is 9.92. The van der Waals surface area contributed by atoms with Gasteiger partial charge < -0.3 is 10.6 Å². The van der Waals surface area contributed by atoms with Crippen LogP contribution in [0.15, 0.2) is 6.07 Å². The maximum atomic E-state index is 11.9. The molecule has 0 aliphatic heterocycles. The minimum atomic E-state index is -0.0697. The third kappa shape index (κ3) is 4.14. The number of aromatic nitrogens is 2. The lowest BCUT2D eigenvalue weighted by Crippen LogP contribution is -2.30. The van der Waals surface area contributed by atoms with Crippen LogP contribution < -0.4 is 10.6 Å². The molecule has 0 aliphatic rings. The average Bonchev–Trinajstić information content (AvgIpc) is 2.73. The van der Waals surface area contributed by atoms with Crippen molar-refractivity contribution in [3.05, 3.63) is 11.8 Å². The molecule has 1 aromatic heterocycles. The first-order valence-corrected chi connectivity index (χ1v) is 6.42. The highest BCUT2D eigenvalue weighted by molar-refractivity contribution is 5.91. The van der Waals surface area contributed by atoms with Crippen LogP contribution in [-0.4, -0.2) is 29.2 Å². The fourth-order valence-electron chi connectivity index (χ4n) is 1.47. The van der Waals surface area contributed by atoms with Crippen molar-refractivity contribution in [2.24, 2.45) is 5.92 Å². The molecule has 1 rings (SSSR count). The van der Waals surface area contributed by atoms with Crippen LogP contribution in [0.1, 0.15) is 40.3 Å². The van der Waals surface area contributed by atoms with Crippen LogP contribution in [0.3, 0.4) is 0 Å². The number of nitrogens with one attached hydrogen (secondary N) is 3. The van der Waals surface area contributed by atoms with E-state index in [-0.39, 0.29) is 17.2 Å². The van der Waals surface area contributed by atoms with Crippen molar-refractivity contribution < 1.29 is 4.79 Å². The Bertz CT molecular complexity index is 392. The van der Waals surface area contributed by atoms with Crippen molar-refractivity contribution in [3.8, 4) is 0 Å². The SMILES string of the molecule is CCNCC(C)C(=O)Nc1cc(C(C)(C)C)[nH]n1. The normalized spacial score (nSPS) is 13.4. The van der Waals surface area contributed by atoms with Crippen LogP contribution >= 0.6 is 0 Å². The number of hydrogen-bond donors (Lipinski definition) is 3. The predicted molar refractivity (Wildman–Crippen MR) is 73.6 cm³/mol. The van der Waals surface area contributed by atoms with Crippen LogP contribution in [0.5, 0.6) is 0 Å². The number of nitrogens with zero attached hydrogens (tertiary/aromatic N) is 1. The van der Waals surface area contributed by atoms with Gasteiger partial charge in [-0.15, -0.1) is 0 Å². The van der Waals surface area contributed by atoms with Crippen LogP contribution in [-0.2, 0) is 10.2 Å². The van der Waals surface area contributed by atoms with E-state index in [2.05, 4.69) is 41.6 Å². The zero-order valence-electron chi connectivity index (χ0n) is 11.9. The number of rotatable bonds is 5. The third-order valence-corrected chi connectivity index (χ3v) is 2.79. The first-order chi connectivity index (χ1) is 8.34. The highest BCUT2D eigenvalue weighted by Gasteiger charge is 2.18. The Kier molecular flexibility index (Phi) is 4.90. The van der Waals surface area contributed by atoms with Gasteiger partial charge in [-0.2, -0.15) is 5.10 Å². The number of H-pyrrole nitrogens is 1. The maximum Gasteiger partial charge on any atom is 0.229 e. The van der Waals surface area contributed by atoms with E-state index in [1.807, 2.05) is 19.9 Å². The molecule has 0 fully saturated rings. The zero-order valence-corrected chi connectivity index (χ0v) is 11.9. The number of carbonyl (C=O) groups is 1. The summed E-state index contributed by atoms with van der Waals surface area (Å²) in [5.74, 6) is 0.510. The number of anilines is 1. The van der Waals surface area contributed by atoms with Gasteiger partial charge in [-0.25, -0.2) is 0 Å². The molecule has 102 valence electrons. The molecule has 1 aromatic rings. The number of aromatic amines is 1. The van der Waals surface area contributed by atoms with Crippen molar-refractivity contribution in [3.63, 3.8) is 0 Å². The molecule has 1 atom stereocenters. The molecule has 0 bridgehead atoms. The number of amides is 1. The van der Waals surface area contributed by atoms with Gasteiger partial charge >= 0.3 is 0 Å². The lowest BCUT2D eigenvalue weighted by molar-refractivity contribution is -0.119. The number of hydrogen-bond acceptors (Lipinski definition) is 3. The van der Waals surface area contributed by atoms with Crippen LogP contribution in [0.25, 0.3) is 0 Å². The van der Waals surface area contributed by atoms with E-state index in [0.29, 0.717) is 12.4 Å². The second-order valence-electron chi connectivity index (χ2n) is 5.61. The lowest BCUT2D eigenvalue weighted by Gasteiger charge is -2.14. The highest BCUT2D eigenvalue weighted by Crippen LogP contribution is 2.22. The summed E-state index contributed by atoms with van der Waals surface area (Å²) < 4.78 is 0. The summed E-state index contributed by atoms with van der Waals surface area (Å²) in [7, 11) is 0. The van der Waals surface area contributed by atoms with Gasteiger partial charge in [0.05, 0.1) is 0 Å². The van der Waals surface area contributed by atoms with Gasteiger partial charge in [0.2, 0.25) is 5.91 Å². The predicted octanol–water partition coefficient (Wildman–Crippen LogP) is 1.89. The number of carbonyl (C=O) groups excluding carboxylic acids is 1. The molecule has 0 aromatic carbocycles. The molecule has 0 saturated carbocycles. The fourth-order valence-corrected chi connectivity index (χ4v) is 1.47. The molecule has 0 radical (unpaired) electrons. The van der Waals surface area contributed by atoms with Crippen molar-refractivity contribution in [1.82, 2.24) is 15.5 Å². The first-order valence-electron chi connectivity index (χ1n) is 6.42. The largest absolute Gasteiger partial charge is 0.316 e. The maximum absolute atomic E-state index is 11.9. The van der Waals surface area contributed by atoms with Crippen LogP contribution in [0.2, 0.25) is 0 Å². The van der Waals surface area contributed by atoms with Gasteiger partial charge in [-0.05, 0) is 6.54 Å². The van der Waals surface area contributed by atoms with Gasteiger partial charge in [-0.3, -0.25) is 9.89 Å². The van der Waals surface area contributed by atoms with Crippen molar-refractivity contribution >= 4 is 11.7 Å². The molecule has 1 unspecified atom stereocenters. The summed E-state index contributed by atoms with van der Waals surface area (Å²) >= 11 is 0. The summed E-state index contributed by atoms with van der Waals surface area (Å²) in [5.41, 5.74) is 1.02. The zero-order chi connectivity index (χ0) is 13.8. The molecular weight excluding hydrogens is 228 g/mol.